The van der Waals surface area contributed by atoms with E-state index in [1.807, 2.05) is 29.2 Å². The molecule has 0 spiro atoms. The quantitative estimate of drug-likeness (QED) is 0.832. The summed E-state index contributed by atoms with van der Waals surface area (Å²) in [5.41, 5.74) is 2.53. The van der Waals surface area contributed by atoms with E-state index >= 15 is 0 Å². The molecule has 0 radical (unpaired) electrons. The topological polar surface area (TPSA) is 49.4 Å². The molecule has 1 heterocycles. The molecule has 1 saturated carbocycles. The van der Waals surface area contributed by atoms with Crippen molar-refractivity contribution in [2.24, 2.45) is 11.8 Å². The monoisotopic (exact) mass is 380 g/mol. The number of carbonyl (C=O) groups is 2. The van der Waals surface area contributed by atoms with Crippen molar-refractivity contribution >= 4 is 17.5 Å². The Labute approximate surface area is 164 Å². The minimum Gasteiger partial charge on any atom is -0.342 e. The van der Waals surface area contributed by atoms with Gasteiger partial charge in [0.05, 0.1) is 5.92 Å². The van der Waals surface area contributed by atoms with Gasteiger partial charge in [-0.25, -0.2) is 4.39 Å². The third-order valence-corrected chi connectivity index (χ3v) is 5.61. The smallest absolute Gasteiger partial charge is 0.229 e. The summed E-state index contributed by atoms with van der Waals surface area (Å²) in [5, 5.41) is 2.99. The average Bonchev–Trinajstić information content (AvgIpc) is 3.53. The number of nitrogens with one attached hydrogen (secondary N) is 1. The number of rotatable bonds is 5. The number of hydrogen-bond acceptors (Lipinski definition) is 2. The van der Waals surface area contributed by atoms with Crippen LogP contribution in [0.3, 0.4) is 0 Å². The highest BCUT2D eigenvalue weighted by molar-refractivity contribution is 5.93. The van der Waals surface area contributed by atoms with Crippen LogP contribution in [-0.2, 0) is 9.59 Å². The highest BCUT2D eigenvalue weighted by atomic mass is 19.1. The fourth-order valence-electron chi connectivity index (χ4n) is 3.78. The summed E-state index contributed by atoms with van der Waals surface area (Å²) in [6.45, 7) is 1.27. The molecule has 4 rings (SSSR count). The van der Waals surface area contributed by atoms with Crippen LogP contribution in [-0.4, -0.2) is 29.8 Å². The Balaban J connectivity index is 1.39. The van der Waals surface area contributed by atoms with Crippen LogP contribution in [0.15, 0.2) is 48.5 Å². The summed E-state index contributed by atoms with van der Waals surface area (Å²) in [4.78, 5) is 27.0. The van der Waals surface area contributed by atoms with Crippen molar-refractivity contribution in [3.63, 3.8) is 0 Å². The molecule has 1 atom stereocenters. The van der Waals surface area contributed by atoms with Crippen LogP contribution in [0.2, 0.25) is 0 Å². The maximum atomic E-state index is 13.1. The first-order chi connectivity index (χ1) is 13.6. The van der Waals surface area contributed by atoms with E-state index in [1.54, 1.807) is 12.1 Å². The predicted molar refractivity (Wildman–Crippen MR) is 107 cm³/mol. The van der Waals surface area contributed by atoms with Crippen molar-refractivity contribution in [2.45, 2.75) is 32.1 Å². The summed E-state index contributed by atoms with van der Waals surface area (Å²) < 4.78 is 13.1. The van der Waals surface area contributed by atoms with Gasteiger partial charge in [-0.15, -0.1) is 0 Å². The molecular weight excluding hydrogens is 355 g/mol. The number of likely N-dealkylation sites (tertiary alicyclic amines) is 1. The minimum absolute atomic E-state index is 0.0415. The zero-order chi connectivity index (χ0) is 19.5. The van der Waals surface area contributed by atoms with Gasteiger partial charge in [-0.2, -0.15) is 0 Å². The zero-order valence-corrected chi connectivity index (χ0v) is 15.9. The van der Waals surface area contributed by atoms with E-state index < -0.39 is 0 Å². The van der Waals surface area contributed by atoms with E-state index in [4.69, 9.17) is 0 Å². The molecule has 1 unspecified atom stereocenters. The van der Waals surface area contributed by atoms with Crippen LogP contribution < -0.4 is 5.32 Å². The zero-order valence-electron chi connectivity index (χ0n) is 15.9. The van der Waals surface area contributed by atoms with Crippen LogP contribution in [0.4, 0.5) is 10.1 Å². The molecule has 2 amide bonds. The Bertz CT molecular complexity index is 861. The number of anilines is 1. The van der Waals surface area contributed by atoms with E-state index in [1.165, 1.54) is 12.1 Å². The molecule has 1 saturated heterocycles. The van der Waals surface area contributed by atoms with Gasteiger partial charge < -0.3 is 10.2 Å². The summed E-state index contributed by atoms with van der Waals surface area (Å²) in [6.07, 6.45) is 4.62. The molecule has 5 heteroatoms. The second-order valence-electron chi connectivity index (χ2n) is 7.90. The number of piperidine rings is 1. The van der Waals surface area contributed by atoms with Gasteiger partial charge in [-0.3, -0.25) is 9.59 Å². The van der Waals surface area contributed by atoms with Crippen LogP contribution in [0.25, 0.3) is 11.1 Å². The van der Waals surface area contributed by atoms with Crippen molar-refractivity contribution < 1.29 is 14.0 Å². The van der Waals surface area contributed by atoms with E-state index in [0.29, 0.717) is 24.6 Å². The lowest BCUT2D eigenvalue weighted by Crippen LogP contribution is -2.43. The van der Waals surface area contributed by atoms with E-state index in [9.17, 15) is 14.0 Å². The van der Waals surface area contributed by atoms with Crippen LogP contribution in [0, 0.1) is 17.7 Å². The Morgan fingerprint density at radius 3 is 2.57 bits per heavy atom. The standard InChI is InChI=1S/C23H25FN2O2/c24-20-10-8-17(9-11-20)18-3-1-5-21(14-18)25-23(28)19-4-2-12-26(15-19)22(27)13-16-6-7-16/h1,3,5,8-11,14,16,19H,2,4,6-7,12-13,15H2,(H,25,28). The molecule has 1 N–H and O–H groups in total. The van der Waals surface area contributed by atoms with Gasteiger partial charge in [-0.1, -0.05) is 24.3 Å². The molecule has 146 valence electrons. The molecule has 0 aromatic heterocycles. The van der Waals surface area contributed by atoms with Crippen molar-refractivity contribution in [3.05, 3.63) is 54.3 Å². The Morgan fingerprint density at radius 1 is 1.04 bits per heavy atom. The van der Waals surface area contributed by atoms with Gasteiger partial charge >= 0.3 is 0 Å². The summed E-state index contributed by atoms with van der Waals surface area (Å²) in [6, 6.07) is 13.9. The second kappa shape index (κ2) is 8.13. The van der Waals surface area contributed by atoms with Crippen LogP contribution in [0.5, 0.6) is 0 Å². The number of amides is 2. The average molecular weight is 380 g/mol. The maximum Gasteiger partial charge on any atom is 0.229 e. The number of benzene rings is 2. The third-order valence-electron chi connectivity index (χ3n) is 5.61. The third kappa shape index (κ3) is 4.58. The first-order valence-electron chi connectivity index (χ1n) is 10.0. The molecule has 2 fully saturated rings. The SMILES string of the molecule is O=C(Nc1cccc(-c2ccc(F)cc2)c1)C1CCCN(C(=O)CC2CC2)C1. The minimum atomic E-state index is -0.272. The number of nitrogens with zero attached hydrogens (tertiary/aromatic N) is 1. The van der Waals surface area contributed by atoms with Gasteiger partial charge in [-0.05, 0) is 67.0 Å². The Hall–Kier alpha value is -2.69. The first kappa shape index (κ1) is 18.7. The number of hydrogen-bond donors (Lipinski definition) is 1. The van der Waals surface area contributed by atoms with Crippen LogP contribution >= 0.6 is 0 Å². The number of carbonyl (C=O) groups excluding carboxylic acids is 2. The molecule has 28 heavy (non-hydrogen) atoms. The molecule has 1 aliphatic heterocycles. The Morgan fingerprint density at radius 2 is 1.82 bits per heavy atom. The molecule has 0 bridgehead atoms. The van der Waals surface area contributed by atoms with Gasteiger partial charge in [0.2, 0.25) is 11.8 Å². The van der Waals surface area contributed by atoms with Gasteiger partial charge in [0.25, 0.3) is 0 Å². The van der Waals surface area contributed by atoms with E-state index in [2.05, 4.69) is 5.32 Å². The molecule has 2 aliphatic rings. The summed E-state index contributed by atoms with van der Waals surface area (Å²) in [5.74, 6) is 0.270. The fraction of sp³-hybridized carbons (Fsp3) is 0.391. The van der Waals surface area contributed by atoms with Crippen LogP contribution in [0.1, 0.15) is 32.1 Å². The molecule has 2 aromatic rings. The molecule has 4 nitrogen and oxygen atoms in total. The summed E-state index contributed by atoms with van der Waals surface area (Å²) >= 11 is 0. The predicted octanol–water partition coefficient (Wildman–Crippen LogP) is 4.47. The Kier molecular flexibility index (Phi) is 5.42. The van der Waals surface area contributed by atoms with Gasteiger partial charge in [0.1, 0.15) is 5.82 Å². The lowest BCUT2D eigenvalue weighted by Gasteiger charge is -2.32. The highest BCUT2D eigenvalue weighted by Gasteiger charge is 2.31. The second-order valence-corrected chi connectivity index (χ2v) is 7.90. The lowest BCUT2D eigenvalue weighted by atomic mass is 9.96. The summed E-state index contributed by atoms with van der Waals surface area (Å²) in [7, 11) is 0. The number of halogens is 1. The van der Waals surface area contributed by atoms with Gasteiger partial charge in [0, 0.05) is 25.2 Å². The van der Waals surface area contributed by atoms with Crippen molar-refractivity contribution in [2.75, 3.05) is 18.4 Å². The lowest BCUT2D eigenvalue weighted by molar-refractivity contribution is -0.134. The van der Waals surface area contributed by atoms with Crippen molar-refractivity contribution in [1.29, 1.82) is 0 Å². The largest absolute Gasteiger partial charge is 0.342 e. The highest BCUT2D eigenvalue weighted by Crippen LogP contribution is 2.33. The van der Waals surface area contributed by atoms with E-state index in [0.717, 1.165) is 43.4 Å². The maximum absolute atomic E-state index is 13.1. The van der Waals surface area contributed by atoms with Gasteiger partial charge in [0.15, 0.2) is 0 Å². The molecule has 1 aliphatic carbocycles. The molecule has 2 aromatic carbocycles. The van der Waals surface area contributed by atoms with Crippen molar-refractivity contribution in [3.8, 4) is 11.1 Å². The van der Waals surface area contributed by atoms with Crippen molar-refractivity contribution in [1.82, 2.24) is 4.90 Å². The fourth-order valence-corrected chi connectivity index (χ4v) is 3.78. The first-order valence-corrected chi connectivity index (χ1v) is 10.0. The van der Waals surface area contributed by atoms with E-state index in [-0.39, 0.29) is 23.5 Å². The normalized spacial score (nSPS) is 19.3. The molecular formula is C23H25FN2O2.